The fourth-order valence-corrected chi connectivity index (χ4v) is 1.88. The molecule has 1 aromatic carbocycles. The summed E-state index contributed by atoms with van der Waals surface area (Å²) in [5, 5.41) is 10.0. The SMILES string of the molecule is CCn1c(C(=O)O)cc2ccc(C)cc21. The number of benzene rings is 1. The van der Waals surface area contributed by atoms with Gasteiger partial charge in [-0.2, -0.15) is 0 Å². The standard InChI is InChI=1S/C12H13NO2/c1-3-13-10-6-8(2)4-5-9(10)7-11(13)12(14)15/h4-7H,3H2,1-2H3,(H,14,15). The average molecular weight is 203 g/mol. The zero-order valence-corrected chi connectivity index (χ0v) is 8.82. The summed E-state index contributed by atoms with van der Waals surface area (Å²) < 4.78 is 1.82. The maximum absolute atomic E-state index is 11.0. The van der Waals surface area contributed by atoms with Crippen molar-refractivity contribution in [2.75, 3.05) is 0 Å². The van der Waals surface area contributed by atoms with E-state index in [2.05, 4.69) is 0 Å². The Kier molecular flexibility index (Phi) is 2.23. The number of hydrogen-bond acceptors (Lipinski definition) is 1. The minimum Gasteiger partial charge on any atom is -0.477 e. The molecule has 0 spiro atoms. The normalized spacial score (nSPS) is 10.8. The van der Waals surface area contributed by atoms with Crippen molar-refractivity contribution in [1.82, 2.24) is 4.57 Å². The highest BCUT2D eigenvalue weighted by atomic mass is 16.4. The molecule has 2 aromatic rings. The van der Waals surface area contributed by atoms with Gasteiger partial charge in [0.25, 0.3) is 0 Å². The first kappa shape index (κ1) is 9.77. The Balaban J connectivity index is 2.79. The van der Waals surface area contributed by atoms with Gasteiger partial charge in [-0.05, 0) is 31.5 Å². The van der Waals surface area contributed by atoms with Gasteiger partial charge in [0.15, 0.2) is 0 Å². The zero-order chi connectivity index (χ0) is 11.0. The minimum atomic E-state index is -0.870. The highest BCUT2D eigenvalue weighted by Gasteiger charge is 2.12. The number of rotatable bonds is 2. The molecule has 0 atom stereocenters. The van der Waals surface area contributed by atoms with Gasteiger partial charge in [0.1, 0.15) is 5.69 Å². The molecule has 0 aliphatic carbocycles. The van der Waals surface area contributed by atoms with E-state index in [0.29, 0.717) is 12.2 Å². The molecular formula is C12H13NO2. The summed E-state index contributed by atoms with van der Waals surface area (Å²) in [6, 6.07) is 7.70. The number of carboxylic acid groups (broad SMARTS) is 1. The van der Waals surface area contributed by atoms with E-state index < -0.39 is 5.97 Å². The van der Waals surface area contributed by atoms with Gasteiger partial charge in [0.2, 0.25) is 0 Å². The van der Waals surface area contributed by atoms with E-state index in [4.69, 9.17) is 5.11 Å². The Labute approximate surface area is 87.9 Å². The summed E-state index contributed by atoms with van der Waals surface area (Å²) in [5.41, 5.74) is 2.50. The van der Waals surface area contributed by atoms with Gasteiger partial charge in [-0.1, -0.05) is 12.1 Å². The largest absolute Gasteiger partial charge is 0.477 e. The average Bonchev–Trinajstić information content (AvgIpc) is 2.55. The summed E-state index contributed by atoms with van der Waals surface area (Å²) in [6.07, 6.45) is 0. The predicted octanol–water partition coefficient (Wildman–Crippen LogP) is 2.67. The third kappa shape index (κ3) is 1.50. The van der Waals surface area contributed by atoms with Crippen molar-refractivity contribution in [3.8, 4) is 0 Å². The molecule has 0 fully saturated rings. The van der Waals surface area contributed by atoms with E-state index in [-0.39, 0.29) is 0 Å². The molecule has 78 valence electrons. The molecule has 1 N–H and O–H groups in total. The van der Waals surface area contributed by atoms with Crippen LogP contribution in [0.25, 0.3) is 10.9 Å². The third-order valence-electron chi connectivity index (χ3n) is 2.60. The number of nitrogens with zero attached hydrogens (tertiary/aromatic N) is 1. The monoisotopic (exact) mass is 203 g/mol. The van der Waals surface area contributed by atoms with Crippen molar-refractivity contribution >= 4 is 16.9 Å². The lowest BCUT2D eigenvalue weighted by atomic mass is 10.2. The summed E-state index contributed by atoms with van der Waals surface area (Å²) in [5.74, 6) is -0.870. The number of aryl methyl sites for hydroxylation is 2. The molecule has 0 aliphatic heterocycles. The second-order valence-electron chi connectivity index (χ2n) is 3.64. The van der Waals surface area contributed by atoms with Gasteiger partial charge in [-0.3, -0.25) is 0 Å². The molecule has 2 rings (SSSR count). The zero-order valence-electron chi connectivity index (χ0n) is 8.82. The van der Waals surface area contributed by atoms with E-state index in [1.54, 1.807) is 6.07 Å². The Hall–Kier alpha value is -1.77. The molecular weight excluding hydrogens is 190 g/mol. The lowest BCUT2D eigenvalue weighted by Crippen LogP contribution is -2.06. The molecule has 1 heterocycles. The van der Waals surface area contributed by atoms with Crippen molar-refractivity contribution in [1.29, 1.82) is 0 Å². The number of aromatic nitrogens is 1. The number of aromatic carboxylic acids is 1. The van der Waals surface area contributed by atoms with Crippen molar-refractivity contribution in [2.45, 2.75) is 20.4 Å². The van der Waals surface area contributed by atoms with Crippen LogP contribution in [0.2, 0.25) is 0 Å². The van der Waals surface area contributed by atoms with Crippen LogP contribution >= 0.6 is 0 Å². The van der Waals surface area contributed by atoms with Crippen LogP contribution in [0, 0.1) is 6.92 Å². The topological polar surface area (TPSA) is 42.2 Å². The summed E-state index contributed by atoms with van der Waals surface area (Å²) in [6.45, 7) is 4.63. The highest BCUT2D eigenvalue weighted by Crippen LogP contribution is 2.21. The quantitative estimate of drug-likeness (QED) is 0.815. The van der Waals surface area contributed by atoms with E-state index in [1.807, 2.05) is 36.6 Å². The summed E-state index contributed by atoms with van der Waals surface area (Å²) in [7, 11) is 0. The van der Waals surface area contributed by atoms with Crippen LogP contribution in [0.5, 0.6) is 0 Å². The van der Waals surface area contributed by atoms with Crippen LogP contribution in [0.1, 0.15) is 23.0 Å². The lowest BCUT2D eigenvalue weighted by molar-refractivity contribution is 0.0686. The minimum absolute atomic E-state index is 0.359. The van der Waals surface area contributed by atoms with Gasteiger partial charge >= 0.3 is 5.97 Å². The van der Waals surface area contributed by atoms with Gasteiger partial charge in [0.05, 0.1) is 0 Å². The summed E-state index contributed by atoms with van der Waals surface area (Å²) >= 11 is 0. The fraction of sp³-hybridized carbons (Fsp3) is 0.250. The van der Waals surface area contributed by atoms with E-state index >= 15 is 0 Å². The molecule has 3 heteroatoms. The van der Waals surface area contributed by atoms with Crippen LogP contribution in [-0.2, 0) is 6.54 Å². The molecule has 0 aliphatic rings. The third-order valence-corrected chi connectivity index (χ3v) is 2.60. The smallest absolute Gasteiger partial charge is 0.352 e. The fourth-order valence-electron chi connectivity index (χ4n) is 1.88. The number of carboxylic acids is 1. The summed E-state index contributed by atoms with van der Waals surface area (Å²) in [4.78, 5) is 11.0. The molecule has 0 amide bonds. The van der Waals surface area contributed by atoms with E-state index in [0.717, 1.165) is 16.5 Å². The Morgan fingerprint density at radius 1 is 1.40 bits per heavy atom. The van der Waals surface area contributed by atoms with Crippen molar-refractivity contribution in [3.05, 3.63) is 35.5 Å². The molecule has 0 unspecified atom stereocenters. The second-order valence-corrected chi connectivity index (χ2v) is 3.64. The van der Waals surface area contributed by atoms with Crippen LogP contribution in [-0.4, -0.2) is 15.6 Å². The van der Waals surface area contributed by atoms with Crippen LogP contribution in [0.3, 0.4) is 0 Å². The number of hydrogen-bond donors (Lipinski definition) is 1. The molecule has 15 heavy (non-hydrogen) atoms. The predicted molar refractivity (Wildman–Crippen MR) is 59.3 cm³/mol. The first-order chi connectivity index (χ1) is 7.13. The number of carbonyl (C=O) groups is 1. The first-order valence-corrected chi connectivity index (χ1v) is 4.96. The Bertz CT molecular complexity index is 526. The van der Waals surface area contributed by atoms with E-state index in [1.165, 1.54) is 0 Å². The van der Waals surface area contributed by atoms with Gasteiger partial charge < -0.3 is 9.67 Å². The molecule has 1 aromatic heterocycles. The van der Waals surface area contributed by atoms with Crippen molar-refractivity contribution in [2.24, 2.45) is 0 Å². The highest BCUT2D eigenvalue weighted by molar-refractivity contribution is 5.94. The molecule has 0 saturated carbocycles. The van der Waals surface area contributed by atoms with Crippen LogP contribution in [0.4, 0.5) is 0 Å². The Morgan fingerprint density at radius 2 is 2.13 bits per heavy atom. The van der Waals surface area contributed by atoms with Crippen molar-refractivity contribution in [3.63, 3.8) is 0 Å². The maximum atomic E-state index is 11.0. The van der Waals surface area contributed by atoms with Gasteiger partial charge in [0, 0.05) is 17.4 Å². The van der Waals surface area contributed by atoms with Crippen molar-refractivity contribution < 1.29 is 9.90 Å². The first-order valence-electron chi connectivity index (χ1n) is 4.96. The van der Waals surface area contributed by atoms with Crippen LogP contribution in [0.15, 0.2) is 24.3 Å². The maximum Gasteiger partial charge on any atom is 0.352 e. The Morgan fingerprint density at radius 3 is 2.73 bits per heavy atom. The lowest BCUT2D eigenvalue weighted by Gasteiger charge is -2.04. The molecule has 0 radical (unpaired) electrons. The molecule has 0 bridgehead atoms. The molecule has 3 nitrogen and oxygen atoms in total. The van der Waals surface area contributed by atoms with Gasteiger partial charge in [-0.15, -0.1) is 0 Å². The number of fused-ring (bicyclic) bond motifs is 1. The second kappa shape index (κ2) is 3.42. The molecule has 0 saturated heterocycles. The van der Waals surface area contributed by atoms with E-state index in [9.17, 15) is 4.79 Å². The van der Waals surface area contributed by atoms with Crippen LogP contribution < -0.4 is 0 Å². The van der Waals surface area contributed by atoms with Gasteiger partial charge in [-0.25, -0.2) is 4.79 Å².